The number of carbonyl (C=O) groups is 1. The molecule has 8 rings (SSSR count). The molecular weight excluding hydrogens is 601 g/mol. The molecule has 0 atom stereocenters. The van der Waals surface area contributed by atoms with Crippen LogP contribution in [0.5, 0.6) is 0 Å². The summed E-state index contributed by atoms with van der Waals surface area (Å²) in [5.41, 5.74) is 5.29. The van der Waals surface area contributed by atoms with Gasteiger partial charge < -0.3 is 15.5 Å². The van der Waals surface area contributed by atoms with Gasteiger partial charge in [-0.15, -0.1) is 0 Å². The van der Waals surface area contributed by atoms with E-state index in [0.29, 0.717) is 13.0 Å². The average Bonchev–Trinajstić information content (AvgIpc) is 3.14. The third-order valence-electron chi connectivity index (χ3n) is 9.80. The second kappa shape index (κ2) is 13.5. The number of aromatic nitrogens is 1. The Morgan fingerprint density at radius 2 is 1.31 bits per heavy atom. The Balaban J connectivity index is 0.827. The number of pyridine rings is 1. The molecule has 0 saturated carbocycles. The zero-order valence-corrected chi connectivity index (χ0v) is 27.9. The minimum absolute atomic E-state index is 0.0783. The first-order valence-electron chi connectivity index (χ1n) is 17.3. The number of carbonyl (C=O) groups excluding carboxylic acids is 1. The Morgan fingerprint density at radius 1 is 0.633 bits per heavy atom. The van der Waals surface area contributed by atoms with Crippen LogP contribution in [0.15, 0.2) is 127 Å². The number of para-hydroxylation sites is 1. The van der Waals surface area contributed by atoms with Crippen LogP contribution in [0.3, 0.4) is 0 Å². The first-order valence-corrected chi connectivity index (χ1v) is 17.3. The largest absolute Gasteiger partial charge is 0.384 e. The van der Waals surface area contributed by atoms with Crippen LogP contribution in [0.25, 0.3) is 65.3 Å². The van der Waals surface area contributed by atoms with Crippen LogP contribution in [0.1, 0.15) is 18.4 Å². The van der Waals surface area contributed by atoms with Crippen LogP contribution in [0.4, 0.5) is 5.69 Å². The molecule has 8 aromatic rings. The van der Waals surface area contributed by atoms with E-state index >= 15 is 0 Å². The molecule has 2 N–H and O–H groups in total. The molecule has 0 aliphatic carbocycles. The van der Waals surface area contributed by atoms with E-state index in [2.05, 4.69) is 144 Å². The summed E-state index contributed by atoms with van der Waals surface area (Å²) in [6, 6.07) is 45.0. The fraction of sp³-hybridized carbons (Fsp3) is 0.182. The highest BCUT2D eigenvalue weighted by Crippen LogP contribution is 2.36. The lowest BCUT2D eigenvalue weighted by Gasteiger charge is -2.18. The minimum Gasteiger partial charge on any atom is -0.384 e. The Kier molecular flexibility index (Phi) is 8.51. The zero-order valence-electron chi connectivity index (χ0n) is 27.9. The Hall–Kier alpha value is -5.52. The van der Waals surface area contributed by atoms with Crippen LogP contribution >= 0.6 is 0 Å². The highest BCUT2D eigenvalue weighted by atomic mass is 16.1. The SMILES string of the molecule is CN(CCCNC(=O)Cc1ccc2ccc3cccc4ccc1c2c34)CCCNc1cc(-c2ccc3ccccc3c2)nc2ccccc12. The number of rotatable bonds is 12. The predicted octanol–water partition coefficient (Wildman–Crippen LogP) is 9.44. The van der Waals surface area contributed by atoms with Gasteiger partial charge in [0.2, 0.25) is 5.91 Å². The number of hydrogen-bond donors (Lipinski definition) is 2. The average molecular weight is 641 g/mol. The highest BCUT2D eigenvalue weighted by molar-refractivity contribution is 6.23. The number of nitrogens with zero attached hydrogens (tertiary/aromatic N) is 2. The lowest BCUT2D eigenvalue weighted by Crippen LogP contribution is -2.30. The van der Waals surface area contributed by atoms with E-state index in [1.165, 1.54) is 43.1 Å². The molecule has 1 aromatic heterocycles. The van der Waals surface area contributed by atoms with Gasteiger partial charge in [0.1, 0.15) is 0 Å². The lowest BCUT2D eigenvalue weighted by atomic mass is 9.91. The van der Waals surface area contributed by atoms with Crippen molar-refractivity contribution in [1.82, 2.24) is 15.2 Å². The highest BCUT2D eigenvalue weighted by Gasteiger charge is 2.13. The van der Waals surface area contributed by atoms with Gasteiger partial charge in [0, 0.05) is 29.7 Å². The lowest BCUT2D eigenvalue weighted by molar-refractivity contribution is -0.120. The molecule has 7 aromatic carbocycles. The van der Waals surface area contributed by atoms with E-state index < -0.39 is 0 Å². The molecule has 0 bridgehead atoms. The maximum atomic E-state index is 13.0. The van der Waals surface area contributed by atoms with Crippen LogP contribution in [-0.2, 0) is 11.2 Å². The van der Waals surface area contributed by atoms with Gasteiger partial charge in [-0.25, -0.2) is 4.98 Å². The van der Waals surface area contributed by atoms with Crippen LogP contribution in [0, 0.1) is 0 Å². The number of nitrogens with one attached hydrogen (secondary N) is 2. The number of benzene rings is 7. The van der Waals surface area contributed by atoms with Crippen molar-refractivity contribution in [2.75, 3.05) is 38.5 Å². The van der Waals surface area contributed by atoms with Crippen LogP contribution in [-0.4, -0.2) is 49.0 Å². The molecule has 242 valence electrons. The molecule has 0 radical (unpaired) electrons. The standard InChI is InChI=1S/C44H40N4O/c1-48(26-8-24-46-42(49)28-35-19-18-33-17-16-31-11-6-12-32-21-22-37(35)44(33)43(31)32)25-7-23-45-41-29-40(47-39-14-5-4-13-38(39)41)36-20-15-30-9-2-3-10-34(30)27-36/h2-6,9-22,27,29H,7-8,23-26,28H2,1H3,(H,45,47)(H,46,49). The molecule has 0 aliphatic rings. The molecule has 5 heteroatoms. The van der Waals surface area contributed by atoms with Crippen molar-refractivity contribution < 1.29 is 4.79 Å². The summed E-state index contributed by atoms with van der Waals surface area (Å²) >= 11 is 0. The van der Waals surface area contributed by atoms with E-state index in [0.717, 1.165) is 65.9 Å². The maximum absolute atomic E-state index is 13.0. The predicted molar refractivity (Wildman–Crippen MR) is 207 cm³/mol. The second-order valence-electron chi connectivity index (χ2n) is 13.2. The Bertz CT molecular complexity index is 2420. The summed E-state index contributed by atoms with van der Waals surface area (Å²) in [6.07, 6.45) is 2.32. The smallest absolute Gasteiger partial charge is 0.224 e. The van der Waals surface area contributed by atoms with E-state index in [1.807, 2.05) is 6.07 Å². The topological polar surface area (TPSA) is 57.3 Å². The summed E-state index contributed by atoms with van der Waals surface area (Å²) in [7, 11) is 2.16. The minimum atomic E-state index is 0.0783. The van der Waals surface area contributed by atoms with Gasteiger partial charge in [-0.1, -0.05) is 109 Å². The van der Waals surface area contributed by atoms with Crippen molar-refractivity contribution in [3.63, 3.8) is 0 Å². The van der Waals surface area contributed by atoms with Gasteiger partial charge in [0.15, 0.2) is 0 Å². The molecule has 1 heterocycles. The molecule has 5 nitrogen and oxygen atoms in total. The molecule has 0 saturated heterocycles. The molecule has 1 amide bonds. The number of amides is 1. The van der Waals surface area contributed by atoms with E-state index in [-0.39, 0.29) is 5.91 Å². The first-order chi connectivity index (χ1) is 24.1. The van der Waals surface area contributed by atoms with Gasteiger partial charge in [0.05, 0.1) is 17.6 Å². The summed E-state index contributed by atoms with van der Waals surface area (Å²) in [6.45, 7) is 3.45. The second-order valence-corrected chi connectivity index (χ2v) is 13.2. The fourth-order valence-electron chi connectivity index (χ4n) is 7.26. The van der Waals surface area contributed by atoms with Gasteiger partial charge in [-0.2, -0.15) is 0 Å². The third-order valence-corrected chi connectivity index (χ3v) is 9.80. The summed E-state index contributed by atoms with van der Waals surface area (Å²) in [4.78, 5) is 20.3. The van der Waals surface area contributed by atoms with Crippen molar-refractivity contribution in [2.45, 2.75) is 19.3 Å². The maximum Gasteiger partial charge on any atom is 0.224 e. The van der Waals surface area contributed by atoms with Crippen molar-refractivity contribution >= 4 is 65.6 Å². The molecule has 0 fully saturated rings. The molecule has 0 spiro atoms. The molecular formula is C44H40N4O. The van der Waals surface area contributed by atoms with Gasteiger partial charge in [0.25, 0.3) is 0 Å². The third kappa shape index (κ3) is 6.38. The quantitative estimate of drug-likeness (QED) is 0.103. The van der Waals surface area contributed by atoms with Gasteiger partial charge in [-0.3, -0.25) is 4.79 Å². The van der Waals surface area contributed by atoms with Crippen LogP contribution in [0.2, 0.25) is 0 Å². The van der Waals surface area contributed by atoms with Crippen molar-refractivity contribution in [1.29, 1.82) is 0 Å². The van der Waals surface area contributed by atoms with Crippen LogP contribution < -0.4 is 10.6 Å². The number of anilines is 1. The summed E-state index contributed by atoms with van der Waals surface area (Å²) in [5.74, 6) is 0.0783. The molecule has 0 aliphatic heterocycles. The number of fused-ring (bicyclic) bond motifs is 2. The molecule has 49 heavy (non-hydrogen) atoms. The monoisotopic (exact) mass is 640 g/mol. The first kappa shape index (κ1) is 30.8. The summed E-state index contributed by atoms with van der Waals surface area (Å²) in [5, 5.41) is 17.9. The van der Waals surface area contributed by atoms with Gasteiger partial charge in [-0.05, 0) is 99.8 Å². The molecule has 0 unspecified atom stereocenters. The Labute approximate surface area is 286 Å². The normalized spacial score (nSPS) is 11.8. The van der Waals surface area contributed by atoms with E-state index in [4.69, 9.17) is 4.98 Å². The van der Waals surface area contributed by atoms with E-state index in [1.54, 1.807) is 0 Å². The van der Waals surface area contributed by atoms with Crippen molar-refractivity contribution in [3.8, 4) is 11.3 Å². The summed E-state index contributed by atoms with van der Waals surface area (Å²) < 4.78 is 0. The van der Waals surface area contributed by atoms with E-state index in [9.17, 15) is 4.79 Å². The van der Waals surface area contributed by atoms with Crippen molar-refractivity contribution in [3.05, 3.63) is 133 Å². The Morgan fingerprint density at radius 3 is 2.16 bits per heavy atom. The number of hydrogen-bond acceptors (Lipinski definition) is 4. The van der Waals surface area contributed by atoms with Crippen molar-refractivity contribution in [2.24, 2.45) is 0 Å². The fourth-order valence-corrected chi connectivity index (χ4v) is 7.26. The van der Waals surface area contributed by atoms with Gasteiger partial charge >= 0.3 is 0 Å². The zero-order chi connectivity index (χ0) is 33.2.